The molecule has 0 atom stereocenters. The van der Waals surface area contributed by atoms with Gasteiger partial charge in [0.15, 0.2) is 5.11 Å². The fourth-order valence-corrected chi connectivity index (χ4v) is 3.66. The zero-order chi connectivity index (χ0) is 17.1. The second-order valence-electron chi connectivity index (χ2n) is 5.55. The lowest BCUT2D eigenvalue weighted by atomic mass is 10.2. The van der Waals surface area contributed by atoms with Crippen molar-refractivity contribution in [1.82, 2.24) is 4.90 Å². The van der Waals surface area contributed by atoms with E-state index >= 15 is 0 Å². The molecule has 3 rings (SSSR count). The van der Waals surface area contributed by atoms with Crippen molar-refractivity contribution >= 4 is 56.2 Å². The molecule has 1 saturated heterocycles. The summed E-state index contributed by atoms with van der Waals surface area (Å²) in [5.41, 5.74) is 1.84. The van der Waals surface area contributed by atoms with Crippen LogP contribution in [0.4, 0.5) is 11.4 Å². The number of nitrogens with zero attached hydrogens (tertiary/aromatic N) is 2. The number of hydrogen-bond donors (Lipinski definition) is 2. The van der Waals surface area contributed by atoms with E-state index in [4.69, 9.17) is 23.8 Å². The van der Waals surface area contributed by atoms with Crippen LogP contribution in [-0.4, -0.2) is 41.3 Å². The fourth-order valence-electron chi connectivity index (χ4n) is 2.64. The number of thiocarbonyl (C=S) groups is 1. The van der Waals surface area contributed by atoms with Crippen molar-refractivity contribution in [3.05, 3.63) is 52.0 Å². The SMILES string of the molecule is Oc1cccc(N2CCN(C(=S)Nc3ccc(Br)cc3Cl)CC2)c1. The van der Waals surface area contributed by atoms with Gasteiger partial charge >= 0.3 is 0 Å². The molecule has 0 aliphatic carbocycles. The topological polar surface area (TPSA) is 38.7 Å². The van der Waals surface area contributed by atoms with E-state index in [-0.39, 0.29) is 5.75 Å². The Kier molecular flexibility index (Phi) is 5.48. The number of benzene rings is 2. The normalized spacial score (nSPS) is 14.6. The number of anilines is 2. The van der Waals surface area contributed by atoms with E-state index in [0.717, 1.165) is 42.0 Å². The largest absolute Gasteiger partial charge is 0.508 e. The van der Waals surface area contributed by atoms with Crippen molar-refractivity contribution in [2.24, 2.45) is 0 Å². The number of piperazine rings is 1. The minimum atomic E-state index is 0.289. The first kappa shape index (κ1) is 17.3. The van der Waals surface area contributed by atoms with Gasteiger partial charge in [0, 0.05) is 42.4 Å². The van der Waals surface area contributed by atoms with Crippen LogP contribution in [0.3, 0.4) is 0 Å². The van der Waals surface area contributed by atoms with Gasteiger partial charge in [-0.15, -0.1) is 0 Å². The van der Waals surface area contributed by atoms with Crippen molar-refractivity contribution in [2.75, 3.05) is 36.4 Å². The summed E-state index contributed by atoms with van der Waals surface area (Å²) in [6.45, 7) is 3.32. The van der Waals surface area contributed by atoms with Gasteiger partial charge in [-0.3, -0.25) is 0 Å². The summed E-state index contributed by atoms with van der Waals surface area (Å²) in [6, 6.07) is 13.0. The summed E-state index contributed by atoms with van der Waals surface area (Å²) >= 11 is 15.1. The Morgan fingerprint density at radius 2 is 1.88 bits per heavy atom. The zero-order valence-corrected chi connectivity index (χ0v) is 16.0. The van der Waals surface area contributed by atoms with Crippen LogP contribution in [0.25, 0.3) is 0 Å². The van der Waals surface area contributed by atoms with Crippen LogP contribution in [0.5, 0.6) is 5.75 Å². The summed E-state index contributed by atoms with van der Waals surface area (Å²) in [5, 5.41) is 14.1. The number of phenolic OH excluding ortho intramolecular Hbond substituents is 1. The molecule has 0 bridgehead atoms. The molecule has 0 radical (unpaired) electrons. The minimum absolute atomic E-state index is 0.289. The van der Waals surface area contributed by atoms with Crippen LogP contribution in [0.2, 0.25) is 5.02 Å². The van der Waals surface area contributed by atoms with Gasteiger partial charge in [-0.25, -0.2) is 0 Å². The lowest BCUT2D eigenvalue weighted by Crippen LogP contribution is -2.50. The molecule has 2 aromatic rings. The first-order valence-corrected chi connectivity index (χ1v) is 9.16. The van der Waals surface area contributed by atoms with E-state index in [2.05, 4.69) is 31.0 Å². The van der Waals surface area contributed by atoms with Crippen molar-refractivity contribution in [2.45, 2.75) is 0 Å². The van der Waals surface area contributed by atoms with Gasteiger partial charge in [-0.1, -0.05) is 33.6 Å². The number of nitrogens with one attached hydrogen (secondary N) is 1. The standard InChI is InChI=1S/C17H17BrClN3OS/c18-12-4-5-16(15(19)10-12)20-17(24)22-8-6-21(7-9-22)13-2-1-3-14(23)11-13/h1-5,10-11,23H,6-9H2,(H,20,24). The predicted octanol–water partition coefficient (Wildman–Crippen LogP) is 4.33. The van der Waals surface area contributed by atoms with E-state index in [9.17, 15) is 5.11 Å². The third kappa shape index (κ3) is 4.12. The van der Waals surface area contributed by atoms with E-state index in [0.29, 0.717) is 10.1 Å². The molecule has 0 aromatic heterocycles. The summed E-state index contributed by atoms with van der Waals surface area (Å²) in [7, 11) is 0. The van der Waals surface area contributed by atoms with Crippen LogP contribution >= 0.6 is 39.7 Å². The molecule has 7 heteroatoms. The van der Waals surface area contributed by atoms with E-state index in [1.54, 1.807) is 12.1 Å². The Hall–Kier alpha value is -1.50. The van der Waals surface area contributed by atoms with Gasteiger partial charge in [-0.05, 0) is 42.5 Å². The highest BCUT2D eigenvalue weighted by Crippen LogP contribution is 2.26. The number of phenols is 1. The van der Waals surface area contributed by atoms with Crippen LogP contribution < -0.4 is 10.2 Å². The monoisotopic (exact) mass is 425 g/mol. The summed E-state index contributed by atoms with van der Waals surface area (Å²) in [4.78, 5) is 4.37. The van der Waals surface area contributed by atoms with Crippen LogP contribution in [0, 0.1) is 0 Å². The minimum Gasteiger partial charge on any atom is -0.508 e. The van der Waals surface area contributed by atoms with Crippen molar-refractivity contribution in [3.8, 4) is 5.75 Å². The first-order chi connectivity index (χ1) is 11.5. The molecule has 1 heterocycles. The van der Waals surface area contributed by atoms with Crippen LogP contribution in [0.15, 0.2) is 46.9 Å². The third-order valence-electron chi connectivity index (χ3n) is 3.93. The molecule has 126 valence electrons. The molecule has 0 amide bonds. The second-order valence-corrected chi connectivity index (χ2v) is 7.26. The van der Waals surface area contributed by atoms with Gasteiger partial charge in [0.2, 0.25) is 0 Å². The maximum Gasteiger partial charge on any atom is 0.173 e. The number of aromatic hydroxyl groups is 1. The quantitative estimate of drug-likeness (QED) is 0.700. The first-order valence-electron chi connectivity index (χ1n) is 7.58. The Labute approximate surface area is 160 Å². The molecule has 1 aliphatic heterocycles. The Bertz CT molecular complexity index is 750. The number of hydrogen-bond acceptors (Lipinski definition) is 3. The van der Waals surface area contributed by atoms with Crippen LogP contribution in [-0.2, 0) is 0 Å². The molecule has 1 fully saturated rings. The molecule has 0 saturated carbocycles. The van der Waals surface area contributed by atoms with E-state index < -0.39 is 0 Å². The van der Waals surface area contributed by atoms with Gasteiger partial charge in [-0.2, -0.15) is 0 Å². The number of rotatable bonds is 2. The molecule has 1 aliphatic rings. The Balaban J connectivity index is 1.59. The number of halogens is 2. The molecule has 0 spiro atoms. The molecule has 2 aromatic carbocycles. The van der Waals surface area contributed by atoms with E-state index in [1.807, 2.05) is 30.3 Å². The highest BCUT2D eigenvalue weighted by molar-refractivity contribution is 9.10. The fraction of sp³-hybridized carbons (Fsp3) is 0.235. The molecule has 24 heavy (non-hydrogen) atoms. The lowest BCUT2D eigenvalue weighted by molar-refractivity contribution is 0.390. The van der Waals surface area contributed by atoms with Crippen molar-refractivity contribution in [3.63, 3.8) is 0 Å². The maximum absolute atomic E-state index is 9.61. The van der Waals surface area contributed by atoms with Crippen molar-refractivity contribution < 1.29 is 5.11 Å². The van der Waals surface area contributed by atoms with Gasteiger partial charge in [0.05, 0.1) is 10.7 Å². The highest BCUT2D eigenvalue weighted by Gasteiger charge is 2.20. The van der Waals surface area contributed by atoms with Gasteiger partial charge in [0.25, 0.3) is 0 Å². The molecule has 2 N–H and O–H groups in total. The molecule has 0 unspecified atom stereocenters. The Morgan fingerprint density at radius 1 is 1.12 bits per heavy atom. The average Bonchev–Trinajstić information content (AvgIpc) is 2.57. The van der Waals surface area contributed by atoms with Crippen molar-refractivity contribution in [1.29, 1.82) is 0 Å². The summed E-state index contributed by atoms with van der Waals surface area (Å²) in [5.74, 6) is 0.289. The van der Waals surface area contributed by atoms with Gasteiger partial charge < -0.3 is 20.2 Å². The predicted molar refractivity (Wildman–Crippen MR) is 107 cm³/mol. The third-order valence-corrected chi connectivity index (χ3v) is 5.10. The van der Waals surface area contributed by atoms with Crippen LogP contribution in [0.1, 0.15) is 0 Å². The molecular weight excluding hydrogens is 410 g/mol. The maximum atomic E-state index is 9.61. The Morgan fingerprint density at radius 3 is 2.54 bits per heavy atom. The lowest BCUT2D eigenvalue weighted by Gasteiger charge is -2.37. The second kappa shape index (κ2) is 7.59. The highest BCUT2D eigenvalue weighted by atomic mass is 79.9. The molecular formula is C17H17BrClN3OS. The smallest absolute Gasteiger partial charge is 0.173 e. The average molecular weight is 427 g/mol. The molecule has 4 nitrogen and oxygen atoms in total. The van der Waals surface area contributed by atoms with Gasteiger partial charge in [0.1, 0.15) is 5.75 Å². The summed E-state index contributed by atoms with van der Waals surface area (Å²) in [6.07, 6.45) is 0. The summed E-state index contributed by atoms with van der Waals surface area (Å²) < 4.78 is 0.934. The zero-order valence-electron chi connectivity index (χ0n) is 12.9. The van der Waals surface area contributed by atoms with E-state index in [1.165, 1.54) is 0 Å².